The first-order chi connectivity index (χ1) is 13.5. The van der Waals surface area contributed by atoms with Gasteiger partial charge in [0.25, 0.3) is 0 Å². The fourth-order valence-corrected chi connectivity index (χ4v) is 2.93. The number of methoxy groups -OCH3 is 1. The maximum absolute atomic E-state index is 13.4. The van der Waals surface area contributed by atoms with Gasteiger partial charge in [0.15, 0.2) is 0 Å². The van der Waals surface area contributed by atoms with Gasteiger partial charge in [-0.3, -0.25) is 14.5 Å². The highest BCUT2D eigenvalue weighted by atomic mass is 19.1. The SMILES string of the molecule is CCN(Cc1cccc(F)c1)C(=O)CN(CCC(=O)OC)Cc1ccccc1. The van der Waals surface area contributed by atoms with Gasteiger partial charge in [-0.1, -0.05) is 42.5 Å². The van der Waals surface area contributed by atoms with Crippen molar-refractivity contribution in [1.82, 2.24) is 9.80 Å². The van der Waals surface area contributed by atoms with E-state index in [1.165, 1.54) is 19.2 Å². The number of amides is 1. The topological polar surface area (TPSA) is 49.9 Å². The largest absolute Gasteiger partial charge is 0.469 e. The maximum atomic E-state index is 13.4. The van der Waals surface area contributed by atoms with Crippen LogP contribution in [-0.2, 0) is 27.4 Å². The molecule has 0 N–H and O–H groups in total. The molecule has 0 aliphatic rings. The molecule has 0 heterocycles. The Balaban J connectivity index is 2.04. The molecule has 1 amide bonds. The van der Waals surface area contributed by atoms with E-state index in [0.717, 1.165) is 11.1 Å². The van der Waals surface area contributed by atoms with Crippen LogP contribution in [0.25, 0.3) is 0 Å². The van der Waals surface area contributed by atoms with Gasteiger partial charge in [-0.05, 0) is 30.2 Å². The van der Waals surface area contributed by atoms with E-state index < -0.39 is 0 Å². The third-order valence-corrected chi connectivity index (χ3v) is 4.46. The van der Waals surface area contributed by atoms with Crippen molar-refractivity contribution in [2.75, 3.05) is 26.7 Å². The summed E-state index contributed by atoms with van der Waals surface area (Å²) >= 11 is 0. The summed E-state index contributed by atoms with van der Waals surface area (Å²) in [4.78, 5) is 28.0. The summed E-state index contributed by atoms with van der Waals surface area (Å²) in [6, 6.07) is 16.1. The molecule has 2 rings (SSSR count). The number of halogens is 1. The van der Waals surface area contributed by atoms with Crippen molar-refractivity contribution in [1.29, 1.82) is 0 Å². The second-order valence-corrected chi connectivity index (χ2v) is 6.56. The van der Waals surface area contributed by atoms with Crippen molar-refractivity contribution in [3.05, 3.63) is 71.5 Å². The molecule has 0 saturated heterocycles. The van der Waals surface area contributed by atoms with Gasteiger partial charge in [-0.25, -0.2) is 4.39 Å². The standard InChI is InChI=1S/C22H27FN2O3/c1-3-25(16-19-10-7-11-20(23)14-19)21(26)17-24(13-12-22(27)28-2)15-18-8-5-4-6-9-18/h4-11,14H,3,12-13,15-17H2,1-2H3. The number of carbonyl (C=O) groups is 2. The normalized spacial score (nSPS) is 10.7. The van der Waals surface area contributed by atoms with Crippen LogP contribution >= 0.6 is 0 Å². The van der Waals surface area contributed by atoms with Gasteiger partial charge in [0.2, 0.25) is 5.91 Å². The van der Waals surface area contributed by atoms with Crippen molar-refractivity contribution >= 4 is 11.9 Å². The molecule has 0 fully saturated rings. The number of benzene rings is 2. The van der Waals surface area contributed by atoms with Crippen molar-refractivity contribution in [2.45, 2.75) is 26.4 Å². The Morgan fingerprint density at radius 3 is 2.36 bits per heavy atom. The molecular weight excluding hydrogens is 359 g/mol. The average Bonchev–Trinajstić information content (AvgIpc) is 2.70. The van der Waals surface area contributed by atoms with Crippen molar-refractivity contribution in [3.8, 4) is 0 Å². The number of nitrogens with zero attached hydrogens (tertiary/aromatic N) is 2. The molecule has 6 heteroatoms. The van der Waals surface area contributed by atoms with Gasteiger partial charge in [-0.2, -0.15) is 0 Å². The lowest BCUT2D eigenvalue weighted by Crippen LogP contribution is -2.40. The lowest BCUT2D eigenvalue weighted by Gasteiger charge is -2.27. The molecule has 2 aromatic carbocycles. The van der Waals surface area contributed by atoms with Gasteiger partial charge in [0.05, 0.1) is 20.1 Å². The molecule has 5 nitrogen and oxygen atoms in total. The lowest BCUT2D eigenvalue weighted by atomic mass is 10.2. The van der Waals surface area contributed by atoms with Crippen LogP contribution in [0.2, 0.25) is 0 Å². The number of carbonyl (C=O) groups excluding carboxylic acids is 2. The summed E-state index contributed by atoms with van der Waals surface area (Å²) in [6.45, 7) is 3.92. The quantitative estimate of drug-likeness (QED) is 0.588. The number of likely N-dealkylation sites (N-methyl/N-ethyl adjacent to an activating group) is 1. The van der Waals surface area contributed by atoms with E-state index in [-0.39, 0.29) is 30.7 Å². The zero-order valence-corrected chi connectivity index (χ0v) is 16.4. The van der Waals surface area contributed by atoms with Crippen LogP contribution in [0.1, 0.15) is 24.5 Å². The third-order valence-electron chi connectivity index (χ3n) is 4.46. The smallest absolute Gasteiger partial charge is 0.306 e. The summed E-state index contributed by atoms with van der Waals surface area (Å²) in [6.07, 6.45) is 0.215. The zero-order chi connectivity index (χ0) is 20.4. The third kappa shape index (κ3) is 7.12. The highest BCUT2D eigenvalue weighted by Crippen LogP contribution is 2.10. The van der Waals surface area contributed by atoms with E-state index in [0.29, 0.717) is 26.2 Å². The van der Waals surface area contributed by atoms with E-state index in [2.05, 4.69) is 0 Å². The van der Waals surface area contributed by atoms with Gasteiger partial charge >= 0.3 is 5.97 Å². The molecular formula is C22H27FN2O3. The molecule has 2 aromatic rings. The summed E-state index contributed by atoms with van der Waals surface area (Å²) in [7, 11) is 1.35. The minimum atomic E-state index is -0.315. The molecule has 0 aromatic heterocycles. The Labute approximate surface area is 165 Å². The first-order valence-electron chi connectivity index (χ1n) is 9.37. The molecule has 0 unspecified atom stereocenters. The van der Waals surface area contributed by atoms with E-state index in [9.17, 15) is 14.0 Å². The minimum absolute atomic E-state index is 0.0624. The minimum Gasteiger partial charge on any atom is -0.469 e. The van der Waals surface area contributed by atoms with Crippen LogP contribution in [0.3, 0.4) is 0 Å². The average molecular weight is 386 g/mol. The Kier molecular flexibility index (Phi) is 8.62. The van der Waals surface area contributed by atoms with Crippen LogP contribution in [0.5, 0.6) is 0 Å². The molecule has 0 aliphatic heterocycles. The predicted molar refractivity (Wildman–Crippen MR) is 106 cm³/mol. The van der Waals surface area contributed by atoms with Crippen molar-refractivity contribution in [2.24, 2.45) is 0 Å². The van der Waals surface area contributed by atoms with Gasteiger partial charge in [-0.15, -0.1) is 0 Å². The fraction of sp³-hybridized carbons (Fsp3) is 0.364. The Hall–Kier alpha value is -2.73. The predicted octanol–water partition coefficient (Wildman–Crippen LogP) is 3.24. The lowest BCUT2D eigenvalue weighted by molar-refractivity contribution is -0.142. The summed E-state index contributed by atoms with van der Waals surface area (Å²) in [5, 5.41) is 0. The van der Waals surface area contributed by atoms with E-state index in [4.69, 9.17) is 4.74 Å². The van der Waals surface area contributed by atoms with Crippen LogP contribution in [0.4, 0.5) is 4.39 Å². The molecule has 0 saturated carbocycles. The van der Waals surface area contributed by atoms with Crippen LogP contribution in [-0.4, -0.2) is 48.4 Å². The second kappa shape index (κ2) is 11.2. The number of hydrogen-bond acceptors (Lipinski definition) is 4. The Morgan fingerprint density at radius 1 is 1.00 bits per heavy atom. The summed E-state index contributed by atoms with van der Waals surface area (Å²) < 4.78 is 18.1. The number of rotatable bonds is 10. The summed E-state index contributed by atoms with van der Waals surface area (Å²) in [5.41, 5.74) is 1.81. The second-order valence-electron chi connectivity index (χ2n) is 6.56. The number of ether oxygens (including phenoxy) is 1. The highest BCUT2D eigenvalue weighted by molar-refractivity contribution is 5.78. The van der Waals surface area contributed by atoms with Crippen molar-refractivity contribution < 1.29 is 18.7 Å². The fourth-order valence-electron chi connectivity index (χ4n) is 2.93. The Morgan fingerprint density at radius 2 is 1.71 bits per heavy atom. The summed E-state index contributed by atoms with van der Waals surface area (Å²) in [5.74, 6) is -0.685. The monoisotopic (exact) mass is 386 g/mol. The van der Waals surface area contributed by atoms with E-state index >= 15 is 0 Å². The highest BCUT2D eigenvalue weighted by Gasteiger charge is 2.18. The van der Waals surface area contributed by atoms with Gasteiger partial charge in [0.1, 0.15) is 5.82 Å². The zero-order valence-electron chi connectivity index (χ0n) is 16.4. The number of hydrogen-bond donors (Lipinski definition) is 0. The maximum Gasteiger partial charge on any atom is 0.306 e. The molecule has 0 aliphatic carbocycles. The van der Waals surface area contributed by atoms with Crippen LogP contribution in [0.15, 0.2) is 54.6 Å². The molecule has 0 atom stereocenters. The first-order valence-corrected chi connectivity index (χ1v) is 9.37. The molecule has 0 radical (unpaired) electrons. The molecule has 28 heavy (non-hydrogen) atoms. The van der Waals surface area contributed by atoms with Gasteiger partial charge < -0.3 is 9.64 Å². The van der Waals surface area contributed by atoms with Crippen molar-refractivity contribution in [3.63, 3.8) is 0 Å². The molecule has 0 spiro atoms. The number of esters is 1. The first kappa shape index (κ1) is 21.6. The Bertz CT molecular complexity index is 767. The molecule has 150 valence electrons. The van der Waals surface area contributed by atoms with E-state index in [1.807, 2.05) is 42.2 Å². The van der Waals surface area contributed by atoms with Crippen LogP contribution in [0, 0.1) is 5.82 Å². The van der Waals surface area contributed by atoms with Gasteiger partial charge in [0, 0.05) is 26.2 Å². The van der Waals surface area contributed by atoms with Crippen LogP contribution < -0.4 is 0 Å². The molecule has 0 bridgehead atoms. The van der Waals surface area contributed by atoms with E-state index in [1.54, 1.807) is 17.0 Å².